The smallest absolute Gasteiger partial charge is 0.193 e. The van der Waals surface area contributed by atoms with Crippen LogP contribution in [0.4, 0.5) is 0 Å². The number of carbonyl (C=O) groups is 1. The number of nitrogens with zero attached hydrogens (tertiary/aromatic N) is 2. The van der Waals surface area contributed by atoms with E-state index in [-0.39, 0.29) is 5.92 Å². The highest BCUT2D eigenvalue weighted by Gasteiger charge is 2.14. The lowest BCUT2D eigenvalue weighted by Gasteiger charge is -2.06. The molecule has 2 heterocycles. The predicted octanol–water partition coefficient (Wildman–Crippen LogP) is 2.94. The molecule has 2 aromatic heterocycles. The van der Waals surface area contributed by atoms with E-state index in [1.807, 2.05) is 29.1 Å². The Labute approximate surface area is 99.1 Å². The van der Waals surface area contributed by atoms with Gasteiger partial charge < -0.3 is 0 Å². The Kier molecular flexibility index (Phi) is 3.39. The highest BCUT2D eigenvalue weighted by Crippen LogP contribution is 2.14. The molecule has 1 atom stereocenters. The molecule has 4 heteroatoms. The summed E-state index contributed by atoms with van der Waals surface area (Å²) < 4.78 is 1.97. The van der Waals surface area contributed by atoms with Gasteiger partial charge in [0.25, 0.3) is 0 Å². The maximum absolute atomic E-state index is 11.9. The van der Waals surface area contributed by atoms with Gasteiger partial charge >= 0.3 is 0 Å². The number of Topliss-reactive ketones (excluding diaryl/α,β-unsaturated/α-hetero) is 1. The average Bonchev–Trinajstić information content (AvgIpc) is 2.78. The molecule has 0 bridgehead atoms. The topological polar surface area (TPSA) is 34.4 Å². The van der Waals surface area contributed by atoms with Crippen LogP contribution in [0.3, 0.4) is 0 Å². The Hall–Kier alpha value is -1.16. The summed E-state index contributed by atoms with van der Waals surface area (Å²) in [5.74, 6) is 0.456. The fraction of sp³-hybridized carbons (Fsp3) is 0.500. The number of fused-ring (bicyclic) bond motifs is 1. The van der Waals surface area contributed by atoms with Crippen molar-refractivity contribution < 1.29 is 4.79 Å². The number of thiazole rings is 1. The fourth-order valence-corrected chi connectivity index (χ4v) is 2.53. The normalized spacial score (nSPS) is 13.1. The van der Waals surface area contributed by atoms with Crippen LogP contribution < -0.4 is 0 Å². The van der Waals surface area contributed by atoms with Crippen LogP contribution in [0.1, 0.15) is 32.4 Å². The molecule has 2 aromatic rings. The van der Waals surface area contributed by atoms with Crippen LogP contribution in [-0.4, -0.2) is 15.2 Å². The second-order valence-corrected chi connectivity index (χ2v) is 5.03. The molecular formula is C12H16N2OS. The van der Waals surface area contributed by atoms with E-state index in [2.05, 4.69) is 11.9 Å². The first kappa shape index (κ1) is 11.3. The number of aromatic nitrogens is 2. The molecule has 0 spiro atoms. The summed E-state index contributed by atoms with van der Waals surface area (Å²) in [7, 11) is 0. The van der Waals surface area contributed by atoms with Gasteiger partial charge in [0.15, 0.2) is 4.96 Å². The molecule has 0 aliphatic carbocycles. The van der Waals surface area contributed by atoms with Gasteiger partial charge in [-0.3, -0.25) is 9.20 Å². The second kappa shape index (κ2) is 4.78. The first-order chi connectivity index (χ1) is 7.70. The highest BCUT2D eigenvalue weighted by atomic mass is 32.1. The summed E-state index contributed by atoms with van der Waals surface area (Å²) in [6, 6.07) is 0. The minimum Gasteiger partial charge on any atom is -0.299 e. The van der Waals surface area contributed by atoms with Crippen LogP contribution in [0.25, 0.3) is 4.96 Å². The van der Waals surface area contributed by atoms with Gasteiger partial charge in [-0.05, 0) is 6.42 Å². The molecule has 0 aromatic carbocycles. The maximum atomic E-state index is 11.9. The zero-order chi connectivity index (χ0) is 11.5. The Morgan fingerprint density at radius 2 is 2.44 bits per heavy atom. The number of rotatable bonds is 5. The van der Waals surface area contributed by atoms with Gasteiger partial charge in [-0.2, -0.15) is 0 Å². The lowest BCUT2D eigenvalue weighted by molar-refractivity contribution is -0.121. The van der Waals surface area contributed by atoms with Crippen molar-refractivity contribution in [3.63, 3.8) is 0 Å². The Bertz CT molecular complexity index is 457. The van der Waals surface area contributed by atoms with Crippen LogP contribution in [0.15, 0.2) is 17.8 Å². The van der Waals surface area contributed by atoms with Crippen LogP contribution in [0, 0.1) is 5.92 Å². The second-order valence-electron chi connectivity index (χ2n) is 4.16. The zero-order valence-electron chi connectivity index (χ0n) is 9.64. The first-order valence-corrected chi connectivity index (χ1v) is 6.52. The molecule has 3 nitrogen and oxygen atoms in total. The minimum atomic E-state index is 0.157. The third kappa shape index (κ3) is 2.32. The summed E-state index contributed by atoms with van der Waals surface area (Å²) in [5, 5.41) is 1.99. The van der Waals surface area contributed by atoms with E-state index in [1.54, 1.807) is 11.3 Å². The molecule has 0 saturated carbocycles. The summed E-state index contributed by atoms with van der Waals surface area (Å²) in [6.45, 7) is 4.11. The molecule has 0 amide bonds. The number of hydrogen-bond acceptors (Lipinski definition) is 3. The van der Waals surface area contributed by atoms with Gasteiger partial charge in [0.2, 0.25) is 0 Å². The van der Waals surface area contributed by atoms with Crippen molar-refractivity contribution >= 4 is 22.1 Å². The van der Waals surface area contributed by atoms with E-state index in [1.165, 1.54) is 0 Å². The maximum Gasteiger partial charge on any atom is 0.193 e. The number of ketones is 1. The van der Waals surface area contributed by atoms with E-state index in [9.17, 15) is 4.79 Å². The van der Waals surface area contributed by atoms with Gasteiger partial charge in [-0.1, -0.05) is 20.3 Å². The number of imidazole rings is 1. The molecule has 0 radical (unpaired) electrons. The van der Waals surface area contributed by atoms with Gasteiger partial charge in [0.05, 0.1) is 12.1 Å². The van der Waals surface area contributed by atoms with Crippen molar-refractivity contribution in [1.82, 2.24) is 9.38 Å². The van der Waals surface area contributed by atoms with E-state index in [4.69, 9.17) is 0 Å². The molecule has 16 heavy (non-hydrogen) atoms. The quantitative estimate of drug-likeness (QED) is 0.800. The van der Waals surface area contributed by atoms with Gasteiger partial charge in [-0.15, -0.1) is 11.3 Å². The molecule has 2 rings (SSSR count). The number of carbonyl (C=O) groups excluding carboxylic acids is 1. The van der Waals surface area contributed by atoms with Crippen molar-refractivity contribution in [3.8, 4) is 0 Å². The average molecular weight is 236 g/mol. The van der Waals surface area contributed by atoms with E-state index < -0.39 is 0 Å². The van der Waals surface area contributed by atoms with Crippen LogP contribution in [-0.2, 0) is 11.2 Å². The summed E-state index contributed by atoms with van der Waals surface area (Å²) in [4.78, 5) is 17.2. The minimum absolute atomic E-state index is 0.157. The highest BCUT2D eigenvalue weighted by molar-refractivity contribution is 7.15. The van der Waals surface area contributed by atoms with Crippen molar-refractivity contribution in [2.24, 2.45) is 5.92 Å². The predicted molar refractivity (Wildman–Crippen MR) is 65.9 cm³/mol. The summed E-state index contributed by atoms with van der Waals surface area (Å²) in [6.07, 6.45) is 6.42. The lowest BCUT2D eigenvalue weighted by Crippen LogP contribution is -2.13. The third-order valence-corrected chi connectivity index (χ3v) is 3.54. The summed E-state index contributed by atoms with van der Waals surface area (Å²) >= 11 is 1.59. The zero-order valence-corrected chi connectivity index (χ0v) is 10.5. The van der Waals surface area contributed by atoms with Crippen LogP contribution in [0.2, 0.25) is 0 Å². The Morgan fingerprint density at radius 1 is 1.62 bits per heavy atom. The molecule has 0 aliphatic rings. The molecule has 1 unspecified atom stereocenters. The van der Waals surface area contributed by atoms with Crippen LogP contribution >= 0.6 is 11.3 Å². The molecule has 0 saturated heterocycles. The van der Waals surface area contributed by atoms with Gasteiger partial charge in [-0.25, -0.2) is 4.98 Å². The molecule has 0 N–H and O–H groups in total. The SMILES string of the molecule is CCCC(C)C(=O)Cc1cn2ccsc2n1. The van der Waals surface area contributed by atoms with E-state index >= 15 is 0 Å². The van der Waals surface area contributed by atoms with Crippen molar-refractivity contribution in [2.75, 3.05) is 0 Å². The molecular weight excluding hydrogens is 220 g/mol. The number of hydrogen-bond donors (Lipinski definition) is 0. The molecule has 86 valence electrons. The molecule has 0 fully saturated rings. The van der Waals surface area contributed by atoms with E-state index in [0.29, 0.717) is 12.2 Å². The van der Waals surface area contributed by atoms with Crippen molar-refractivity contribution in [3.05, 3.63) is 23.5 Å². The standard InChI is InChI=1S/C12H16N2OS/c1-3-4-9(2)11(15)7-10-8-14-5-6-16-12(14)13-10/h5-6,8-9H,3-4,7H2,1-2H3. The third-order valence-electron chi connectivity index (χ3n) is 2.77. The molecule has 0 aliphatic heterocycles. The Morgan fingerprint density at radius 3 is 3.12 bits per heavy atom. The largest absolute Gasteiger partial charge is 0.299 e. The first-order valence-electron chi connectivity index (χ1n) is 5.64. The lowest BCUT2D eigenvalue weighted by atomic mass is 9.98. The van der Waals surface area contributed by atoms with Crippen molar-refractivity contribution in [2.45, 2.75) is 33.1 Å². The van der Waals surface area contributed by atoms with E-state index in [0.717, 1.165) is 23.5 Å². The monoisotopic (exact) mass is 236 g/mol. The van der Waals surface area contributed by atoms with Crippen molar-refractivity contribution in [1.29, 1.82) is 0 Å². The summed E-state index contributed by atoms with van der Waals surface area (Å²) in [5.41, 5.74) is 0.889. The van der Waals surface area contributed by atoms with Crippen LogP contribution in [0.5, 0.6) is 0 Å². The van der Waals surface area contributed by atoms with Gasteiger partial charge in [0, 0.05) is 23.7 Å². The van der Waals surface area contributed by atoms with Gasteiger partial charge in [0.1, 0.15) is 5.78 Å². The fourth-order valence-electron chi connectivity index (χ4n) is 1.81. The Balaban J connectivity index is 2.04.